The zero-order valence-corrected chi connectivity index (χ0v) is 15.9. The molecule has 1 aliphatic heterocycles. The quantitative estimate of drug-likeness (QED) is 0.453. The van der Waals surface area contributed by atoms with Gasteiger partial charge in [-0.1, -0.05) is 37.6 Å². The number of carbonyl (C=O) groups is 2. The fourth-order valence-corrected chi connectivity index (χ4v) is 3.43. The Bertz CT molecular complexity index is 917. The number of methoxy groups -OCH3 is 1. The number of unbranched alkanes of at least 4 members (excludes halogenated alkanes) is 1. The van der Waals surface area contributed by atoms with Crippen molar-refractivity contribution in [3.8, 4) is 11.5 Å². The summed E-state index contributed by atoms with van der Waals surface area (Å²) in [4.78, 5) is 27.0. The maximum atomic E-state index is 12.8. The molecular weight excluding hydrogens is 358 g/mol. The molecule has 6 nitrogen and oxygen atoms in total. The summed E-state index contributed by atoms with van der Waals surface area (Å²) in [6.45, 7) is 2.40. The van der Waals surface area contributed by atoms with Gasteiger partial charge in [0.1, 0.15) is 17.3 Å². The third-order valence-electron chi connectivity index (χ3n) is 4.86. The number of hydrogen-bond acceptors (Lipinski definition) is 5. The zero-order valence-electron chi connectivity index (χ0n) is 15.9. The van der Waals surface area contributed by atoms with Crippen LogP contribution in [-0.4, -0.2) is 40.5 Å². The molecule has 6 heteroatoms. The second kappa shape index (κ2) is 8.17. The summed E-state index contributed by atoms with van der Waals surface area (Å²) in [5, 5.41) is 20.6. The van der Waals surface area contributed by atoms with E-state index in [0.29, 0.717) is 23.4 Å². The molecule has 1 aliphatic rings. The Labute approximate surface area is 163 Å². The highest BCUT2D eigenvalue weighted by Crippen LogP contribution is 2.41. The van der Waals surface area contributed by atoms with E-state index in [0.717, 1.165) is 12.8 Å². The first-order valence-corrected chi connectivity index (χ1v) is 9.20. The highest BCUT2D eigenvalue weighted by atomic mass is 16.5. The van der Waals surface area contributed by atoms with Crippen LogP contribution in [0.25, 0.3) is 5.76 Å². The van der Waals surface area contributed by atoms with Crippen LogP contribution in [0.15, 0.2) is 54.1 Å². The fourth-order valence-electron chi connectivity index (χ4n) is 3.43. The number of likely N-dealkylation sites (tertiary alicyclic amines) is 1. The van der Waals surface area contributed by atoms with Crippen LogP contribution < -0.4 is 4.74 Å². The van der Waals surface area contributed by atoms with Gasteiger partial charge in [-0.2, -0.15) is 0 Å². The topological polar surface area (TPSA) is 87.1 Å². The van der Waals surface area contributed by atoms with Gasteiger partial charge in [-0.25, -0.2) is 0 Å². The summed E-state index contributed by atoms with van der Waals surface area (Å²) in [5.41, 5.74) is 1.02. The number of benzene rings is 2. The number of aliphatic hydroxyl groups is 1. The lowest BCUT2D eigenvalue weighted by atomic mass is 9.95. The SMILES string of the molecule is CCCCN1C(=O)C(=O)/C(=C(\O)c2ccccc2OC)C1c1ccc(O)cc1. The van der Waals surface area contributed by atoms with Crippen LogP contribution in [0.4, 0.5) is 0 Å². The second-order valence-corrected chi connectivity index (χ2v) is 6.64. The number of nitrogens with zero attached hydrogens (tertiary/aromatic N) is 1. The average molecular weight is 381 g/mol. The summed E-state index contributed by atoms with van der Waals surface area (Å²) in [7, 11) is 1.48. The average Bonchev–Trinajstić information content (AvgIpc) is 2.97. The minimum absolute atomic E-state index is 0.0243. The Morgan fingerprint density at radius 3 is 2.43 bits per heavy atom. The number of phenolic OH excluding ortho intramolecular Hbond substituents is 1. The number of ketones is 1. The van der Waals surface area contributed by atoms with Crippen molar-refractivity contribution >= 4 is 17.4 Å². The van der Waals surface area contributed by atoms with Gasteiger partial charge in [-0.15, -0.1) is 0 Å². The third-order valence-corrected chi connectivity index (χ3v) is 4.86. The normalized spacial score (nSPS) is 18.5. The van der Waals surface area contributed by atoms with Gasteiger partial charge < -0.3 is 19.8 Å². The molecule has 1 atom stereocenters. The van der Waals surface area contributed by atoms with Crippen molar-refractivity contribution in [2.24, 2.45) is 0 Å². The van der Waals surface area contributed by atoms with Gasteiger partial charge >= 0.3 is 0 Å². The Kier molecular flexibility index (Phi) is 5.68. The number of carbonyl (C=O) groups excluding carboxylic acids is 2. The van der Waals surface area contributed by atoms with E-state index in [1.54, 1.807) is 36.4 Å². The van der Waals surface area contributed by atoms with Gasteiger partial charge in [0.25, 0.3) is 11.7 Å². The van der Waals surface area contributed by atoms with Crippen molar-refractivity contribution in [1.82, 2.24) is 4.90 Å². The highest BCUT2D eigenvalue weighted by molar-refractivity contribution is 6.46. The number of aromatic hydroxyl groups is 1. The zero-order chi connectivity index (χ0) is 20.3. The molecule has 0 aliphatic carbocycles. The third kappa shape index (κ3) is 3.45. The summed E-state index contributed by atoms with van der Waals surface area (Å²) >= 11 is 0. The Morgan fingerprint density at radius 2 is 1.79 bits per heavy atom. The van der Waals surface area contributed by atoms with Crippen LogP contribution in [0.2, 0.25) is 0 Å². The molecule has 146 valence electrons. The monoisotopic (exact) mass is 381 g/mol. The maximum absolute atomic E-state index is 12.8. The number of hydrogen-bond donors (Lipinski definition) is 2. The van der Waals surface area contributed by atoms with Crippen molar-refractivity contribution in [1.29, 1.82) is 0 Å². The van der Waals surface area contributed by atoms with E-state index in [9.17, 15) is 19.8 Å². The number of amides is 1. The van der Waals surface area contributed by atoms with Crippen LogP contribution in [0, 0.1) is 0 Å². The lowest BCUT2D eigenvalue weighted by Gasteiger charge is -2.25. The molecular formula is C22H23NO5. The standard InChI is InChI=1S/C22H23NO5/c1-3-4-13-23-19(14-9-11-15(24)12-10-14)18(21(26)22(23)27)20(25)16-7-5-6-8-17(16)28-2/h5-12,19,24-25H,3-4,13H2,1-2H3/b20-18-. The molecule has 1 saturated heterocycles. The van der Waals surface area contributed by atoms with Gasteiger partial charge in [0, 0.05) is 6.54 Å². The predicted octanol–water partition coefficient (Wildman–Crippen LogP) is 3.62. The van der Waals surface area contributed by atoms with Gasteiger partial charge in [0.15, 0.2) is 0 Å². The minimum atomic E-state index is -0.725. The van der Waals surface area contributed by atoms with Crippen molar-refractivity contribution in [3.63, 3.8) is 0 Å². The van der Waals surface area contributed by atoms with E-state index in [2.05, 4.69) is 0 Å². The molecule has 1 amide bonds. The molecule has 2 aromatic rings. The molecule has 2 aromatic carbocycles. The summed E-state index contributed by atoms with van der Waals surface area (Å²) in [5.74, 6) is -1.14. The van der Waals surface area contributed by atoms with E-state index in [1.165, 1.54) is 24.1 Å². The molecule has 0 radical (unpaired) electrons. The molecule has 1 heterocycles. The van der Waals surface area contributed by atoms with Crippen molar-refractivity contribution in [2.45, 2.75) is 25.8 Å². The van der Waals surface area contributed by atoms with E-state index in [1.807, 2.05) is 6.92 Å². The van der Waals surface area contributed by atoms with Crippen molar-refractivity contribution in [2.75, 3.05) is 13.7 Å². The Morgan fingerprint density at radius 1 is 1.11 bits per heavy atom. The number of phenols is 1. The van der Waals surface area contributed by atoms with Crippen LogP contribution in [0.1, 0.15) is 36.9 Å². The Balaban J connectivity index is 2.19. The molecule has 0 spiro atoms. The van der Waals surface area contributed by atoms with Crippen molar-refractivity contribution < 1.29 is 24.5 Å². The van der Waals surface area contributed by atoms with Gasteiger partial charge in [0.2, 0.25) is 0 Å². The lowest BCUT2D eigenvalue weighted by molar-refractivity contribution is -0.139. The highest BCUT2D eigenvalue weighted by Gasteiger charge is 2.45. The van der Waals surface area contributed by atoms with Gasteiger partial charge in [-0.05, 0) is 36.2 Å². The number of aliphatic hydroxyl groups excluding tert-OH is 1. The molecule has 3 rings (SSSR count). The van der Waals surface area contributed by atoms with E-state index in [4.69, 9.17) is 4.74 Å². The molecule has 1 fully saturated rings. The predicted molar refractivity (Wildman–Crippen MR) is 105 cm³/mol. The number of Topliss-reactive ketones (excluding diaryl/α,β-unsaturated/α-hetero) is 1. The largest absolute Gasteiger partial charge is 0.508 e. The number of ether oxygens (including phenoxy) is 1. The molecule has 0 bridgehead atoms. The first-order valence-electron chi connectivity index (χ1n) is 9.20. The van der Waals surface area contributed by atoms with E-state index in [-0.39, 0.29) is 17.1 Å². The lowest BCUT2D eigenvalue weighted by Crippen LogP contribution is -2.30. The Hall–Kier alpha value is -3.28. The van der Waals surface area contributed by atoms with E-state index < -0.39 is 17.7 Å². The van der Waals surface area contributed by atoms with Crippen molar-refractivity contribution in [3.05, 3.63) is 65.2 Å². The molecule has 0 saturated carbocycles. The summed E-state index contributed by atoms with van der Waals surface area (Å²) in [6, 6.07) is 12.4. The fraction of sp³-hybridized carbons (Fsp3) is 0.273. The summed E-state index contributed by atoms with van der Waals surface area (Å²) in [6.07, 6.45) is 1.59. The van der Waals surface area contributed by atoms with Crippen LogP contribution in [0.5, 0.6) is 11.5 Å². The van der Waals surface area contributed by atoms with Gasteiger partial charge in [0.05, 0.1) is 24.3 Å². The van der Waals surface area contributed by atoms with E-state index >= 15 is 0 Å². The smallest absolute Gasteiger partial charge is 0.295 e. The molecule has 0 aromatic heterocycles. The number of rotatable bonds is 6. The maximum Gasteiger partial charge on any atom is 0.295 e. The van der Waals surface area contributed by atoms with Gasteiger partial charge in [-0.3, -0.25) is 9.59 Å². The first kappa shape index (κ1) is 19.5. The summed E-state index contributed by atoms with van der Waals surface area (Å²) < 4.78 is 5.30. The molecule has 1 unspecified atom stereocenters. The van der Waals surface area contributed by atoms with Crippen LogP contribution >= 0.6 is 0 Å². The second-order valence-electron chi connectivity index (χ2n) is 6.64. The molecule has 2 N–H and O–H groups in total. The number of para-hydroxylation sites is 1. The minimum Gasteiger partial charge on any atom is -0.508 e. The first-order chi connectivity index (χ1) is 13.5. The van der Waals surface area contributed by atoms with Crippen LogP contribution in [-0.2, 0) is 9.59 Å². The van der Waals surface area contributed by atoms with Crippen LogP contribution in [0.3, 0.4) is 0 Å². The molecule has 28 heavy (non-hydrogen) atoms.